The van der Waals surface area contributed by atoms with Crippen LogP contribution in [-0.4, -0.2) is 36.2 Å². The topological polar surface area (TPSA) is 131 Å². The van der Waals surface area contributed by atoms with Crippen LogP contribution in [0.25, 0.3) is 10.9 Å². The summed E-state index contributed by atoms with van der Waals surface area (Å²) in [6.45, 7) is -0.212. The van der Waals surface area contributed by atoms with Gasteiger partial charge in [0.15, 0.2) is 6.61 Å². The van der Waals surface area contributed by atoms with Gasteiger partial charge in [-0.15, -0.1) is 0 Å². The van der Waals surface area contributed by atoms with Crippen LogP contribution in [-0.2, 0) is 16.0 Å². The van der Waals surface area contributed by atoms with Crippen molar-refractivity contribution < 1.29 is 14.3 Å². The van der Waals surface area contributed by atoms with Crippen LogP contribution in [0.2, 0.25) is 0 Å². The van der Waals surface area contributed by atoms with Crippen LogP contribution in [0.15, 0.2) is 30.5 Å². The fraction of sp³-hybridized carbons (Fsp3) is 0.294. The molecule has 1 atom stereocenters. The lowest BCUT2D eigenvalue weighted by Gasteiger charge is -2.17. The largest absolute Gasteiger partial charge is 0.434 e. The van der Waals surface area contributed by atoms with E-state index in [9.17, 15) is 9.59 Å². The maximum Gasteiger partial charge on any atom is 0.408 e. The minimum atomic E-state index is -0.885. The first kappa shape index (κ1) is 17.8. The summed E-state index contributed by atoms with van der Waals surface area (Å²) < 4.78 is 4.65. The van der Waals surface area contributed by atoms with Gasteiger partial charge in [-0.1, -0.05) is 18.2 Å². The van der Waals surface area contributed by atoms with Crippen LogP contribution < -0.4 is 10.6 Å². The maximum absolute atomic E-state index is 12.3. The van der Waals surface area contributed by atoms with Crippen LogP contribution in [0.5, 0.6) is 0 Å². The number of fused-ring (bicyclic) bond motifs is 1. The van der Waals surface area contributed by atoms with E-state index in [1.165, 1.54) is 0 Å². The number of ether oxygens (including phenoxy) is 1. The summed E-state index contributed by atoms with van der Waals surface area (Å²) in [6, 6.07) is 10.3. The third kappa shape index (κ3) is 4.98. The summed E-state index contributed by atoms with van der Waals surface area (Å²) in [5, 5.41) is 23.0. The van der Waals surface area contributed by atoms with Crippen molar-refractivity contribution in [2.75, 3.05) is 13.2 Å². The molecule has 1 unspecified atom stereocenters. The lowest BCUT2D eigenvalue weighted by atomic mass is 10.0. The molecular weight excluding hydrogens is 322 g/mol. The fourth-order valence-electron chi connectivity index (χ4n) is 2.38. The monoisotopic (exact) mass is 339 g/mol. The van der Waals surface area contributed by atoms with Crippen LogP contribution >= 0.6 is 0 Å². The molecule has 2 rings (SSSR count). The van der Waals surface area contributed by atoms with Crippen molar-refractivity contribution in [3.05, 3.63) is 36.0 Å². The normalized spacial score (nSPS) is 11.1. The molecule has 128 valence electrons. The molecule has 8 heteroatoms. The van der Waals surface area contributed by atoms with Crippen molar-refractivity contribution in [1.29, 1.82) is 10.5 Å². The second-order valence-electron chi connectivity index (χ2n) is 5.19. The van der Waals surface area contributed by atoms with Gasteiger partial charge in [-0.25, -0.2) is 4.79 Å². The van der Waals surface area contributed by atoms with Gasteiger partial charge in [-0.05, 0) is 11.6 Å². The van der Waals surface area contributed by atoms with Gasteiger partial charge in [-0.3, -0.25) is 4.79 Å². The van der Waals surface area contributed by atoms with Gasteiger partial charge in [0, 0.05) is 30.1 Å². The molecule has 0 spiro atoms. The molecule has 2 amide bonds. The van der Waals surface area contributed by atoms with Gasteiger partial charge >= 0.3 is 6.09 Å². The van der Waals surface area contributed by atoms with Gasteiger partial charge in [0.05, 0.1) is 12.5 Å². The molecule has 25 heavy (non-hydrogen) atoms. The zero-order valence-electron chi connectivity index (χ0n) is 13.4. The number of H-pyrrole nitrogens is 1. The molecule has 3 N–H and O–H groups in total. The number of aromatic amines is 1. The van der Waals surface area contributed by atoms with Gasteiger partial charge in [0.1, 0.15) is 12.1 Å². The predicted molar refractivity (Wildman–Crippen MR) is 89.1 cm³/mol. The molecule has 0 fully saturated rings. The van der Waals surface area contributed by atoms with E-state index in [-0.39, 0.29) is 19.4 Å². The number of carbonyl (C=O) groups is 2. The molecule has 1 aromatic carbocycles. The van der Waals surface area contributed by atoms with E-state index in [0.717, 1.165) is 16.5 Å². The molecule has 0 saturated heterocycles. The molecule has 0 saturated carbocycles. The summed E-state index contributed by atoms with van der Waals surface area (Å²) in [5.41, 5.74) is 1.78. The second-order valence-corrected chi connectivity index (χ2v) is 5.19. The molecule has 0 aliphatic heterocycles. The van der Waals surface area contributed by atoms with E-state index in [2.05, 4.69) is 20.4 Å². The van der Waals surface area contributed by atoms with Gasteiger partial charge < -0.3 is 20.4 Å². The van der Waals surface area contributed by atoms with Crippen molar-refractivity contribution >= 4 is 22.9 Å². The molecule has 0 aliphatic carbocycles. The lowest BCUT2D eigenvalue weighted by molar-refractivity contribution is -0.123. The molecular formula is C17H17N5O3. The van der Waals surface area contributed by atoms with E-state index in [0.29, 0.717) is 0 Å². The highest BCUT2D eigenvalue weighted by Gasteiger charge is 2.23. The van der Waals surface area contributed by atoms with Crippen LogP contribution in [0.4, 0.5) is 4.79 Å². The number of para-hydroxylation sites is 1. The Hall–Kier alpha value is -3.52. The van der Waals surface area contributed by atoms with E-state index in [4.69, 9.17) is 10.5 Å². The minimum Gasteiger partial charge on any atom is -0.434 e. The first-order chi connectivity index (χ1) is 12.2. The van der Waals surface area contributed by atoms with Crippen LogP contribution in [0.3, 0.4) is 0 Å². The van der Waals surface area contributed by atoms with Crippen molar-refractivity contribution in [3.8, 4) is 12.1 Å². The van der Waals surface area contributed by atoms with Gasteiger partial charge in [0.25, 0.3) is 0 Å². The van der Waals surface area contributed by atoms with Crippen molar-refractivity contribution in [2.45, 2.75) is 18.9 Å². The maximum atomic E-state index is 12.3. The number of alkyl carbamates (subject to hydrolysis) is 1. The summed E-state index contributed by atoms with van der Waals surface area (Å²) in [6.07, 6.45) is 1.35. The van der Waals surface area contributed by atoms with E-state index in [1.807, 2.05) is 30.3 Å². The number of rotatable bonds is 7. The summed E-state index contributed by atoms with van der Waals surface area (Å²) in [7, 11) is 0. The number of nitrogens with one attached hydrogen (secondary N) is 3. The van der Waals surface area contributed by atoms with E-state index >= 15 is 0 Å². The van der Waals surface area contributed by atoms with Gasteiger partial charge in [0.2, 0.25) is 5.91 Å². The average molecular weight is 339 g/mol. The van der Waals surface area contributed by atoms with Gasteiger partial charge in [-0.2, -0.15) is 10.5 Å². The molecule has 0 radical (unpaired) electrons. The Kier molecular flexibility index (Phi) is 6.38. The third-order valence-electron chi connectivity index (χ3n) is 3.51. The predicted octanol–water partition coefficient (Wildman–Crippen LogP) is 1.36. The number of amides is 2. The molecule has 8 nitrogen and oxygen atoms in total. The molecule has 1 heterocycles. The van der Waals surface area contributed by atoms with Crippen molar-refractivity contribution in [1.82, 2.24) is 15.6 Å². The standard InChI is InChI=1S/C17H17N5O3/c18-6-3-8-20-16(23)15(22-17(24)25-9-7-19)10-12-11-21-14-5-2-1-4-13(12)14/h1-2,4-5,11,15,21H,3,8-10H2,(H,20,23)(H,22,24). The fourth-order valence-corrected chi connectivity index (χ4v) is 2.38. The Balaban J connectivity index is 2.12. The molecule has 0 aliphatic rings. The Morgan fingerprint density at radius 1 is 1.24 bits per heavy atom. The highest BCUT2D eigenvalue weighted by atomic mass is 16.5. The average Bonchev–Trinajstić information content (AvgIpc) is 3.02. The second kappa shape index (κ2) is 8.94. The highest BCUT2D eigenvalue weighted by Crippen LogP contribution is 2.19. The first-order valence-corrected chi connectivity index (χ1v) is 7.65. The number of hydrogen-bond donors (Lipinski definition) is 3. The zero-order valence-corrected chi connectivity index (χ0v) is 13.4. The number of hydrogen-bond acceptors (Lipinski definition) is 5. The first-order valence-electron chi connectivity index (χ1n) is 7.65. The van der Waals surface area contributed by atoms with Crippen LogP contribution in [0.1, 0.15) is 12.0 Å². The third-order valence-corrected chi connectivity index (χ3v) is 3.51. The Morgan fingerprint density at radius 3 is 2.80 bits per heavy atom. The Bertz CT molecular complexity index is 831. The number of nitrogens with zero attached hydrogens (tertiary/aromatic N) is 2. The summed E-state index contributed by atoms with van der Waals surface area (Å²) >= 11 is 0. The quantitative estimate of drug-likeness (QED) is 0.655. The minimum absolute atomic E-state index is 0.171. The molecule has 0 bridgehead atoms. The number of aromatic nitrogens is 1. The summed E-state index contributed by atoms with van der Waals surface area (Å²) in [4.78, 5) is 27.1. The SMILES string of the molecule is N#CCCNC(=O)C(Cc1c[nH]c2ccccc12)NC(=O)OCC#N. The van der Waals surface area contributed by atoms with Crippen LogP contribution in [0, 0.1) is 22.7 Å². The smallest absolute Gasteiger partial charge is 0.408 e. The highest BCUT2D eigenvalue weighted by molar-refractivity contribution is 5.88. The Morgan fingerprint density at radius 2 is 2.04 bits per heavy atom. The molecule has 2 aromatic rings. The number of carbonyl (C=O) groups excluding carboxylic acids is 2. The Labute approximate surface area is 144 Å². The lowest BCUT2D eigenvalue weighted by Crippen LogP contribution is -2.48. The van der Waals surface area contributed by atoms with E-state index in [1.54, 1.807) is 12.3 Å². The van der Waals surface area contributed by atoms with Crippen molar-refractivity contribution in [2.24, 2.45) is 0 Å². The zero-order chi connectivity index (χ0) is 18.1. The summed E-state index contributed by atoms with van der Waals surface area (Å²) in [5.74, 6) is -0.422. The number of nitriles is 2. The number of benzene rings is 1. The van der Waals surface area contributed by atoms with E-state index < -0.39 is 24.6 Å². The molecule has 1 aromatic heterocycles. The van der Waals surface area contributed by atoms with Crippen molar-refractivity contribution in [3.63, 3.8) is 0 Å².